The molecule has 1 saturated heterocycles. The molecule has 0 aromatic rings. The van der Waals surface area contributed by atoms with Crippen LogP contribution in [0.2, 0.25) is 0 Å². The van der Waals surface area contributed by atoms with E-state index in [1.165, 1.54) is 17.7 Å². The second-order valence-electron chi connectivity index (χ2n) is 6.70. The molecular formula is C14H24N2O2. The fourth-order valence-corrected chi connectivity index (χ4v) is 2.45. The number of likely N-dealkylation sites (tertiary alicyclic amines) is 1. The summed E-state index contributed by atoms with van der Waals surface area (Å²) in [6, 6.07) is 0.680. The average Bonchev–Trinajstić information content (AvgIpc) is 3.03. The number of carbonyl (C=O) groups excluding carboxylic acids is 2. The van der Waals surface area contributed by atoms with Gasteiger partial charge in [0.25, 0.3) is 0 Å². The van der Waals surface area contributed by atoms with Crippen molar-refractivity contribution in [1.82, 2.24) is 10.2 Å². The maximum atomic E-state index is 12.0. The number of nitrogens with one attached hydrogen (secondary N) is 1. The van der Waals surface area contributed by atoms with E-state index in [2.05, 4.69) is 12.2 Å². The Morgan fingerprint density at radius 3 is 2.33 bits per heavy atom. The molecule has 0 spiro atoms. The van der Waals surface area contributed by atoms with E-state index in [1.807, 2.05) is 13.8 Å². The van der Waals surface area contributed by atoms with Gasteiger partial charge in [-0.3, -0.25) is 14.5 Å². The Labute approximate surface area is 109 Å². The molecule has 1 heterocycles. The van der Waals surface area contributed by atoms with E-state index in [1.54, 1.807) is 0 Å². The molecule has 0 aromatic carbocycles. The minimum absolute atomic E-state index is 0.00507. The average molecular weight is 252 g/mol. The van der Waals surface area contributed by atoms with Gasteiger partial charge in [-0.25, -0.2) is 0 Å². The molecule has 102 valence electrons. The first-order valence-corrected chi connectivity index (χ1v) is 6.94. The van der Waals surface area contributed by atoms with Crippen molar-refractivity contribution in [1.29, 1.82) is 0 Å². The zero-order valence-electron chi connectivity index (χ0n) is 11.7. The smallest absolute Gasteiger partial charge is 0.229 e. The van der Waals surface area contributed by atoms with Crippen LogP contribution in [0.15, 0.2) is 0 Å². The molecule has 2 amide bonds. The molecule has 0 bridgehead atoms. The molecule has 0 radical (unpaired) electrons. The summed E-state index contributed by atoms with van der Waals surface area (Å²) in [6.07, 6.45) is 3.51. The van der Waals surface area contributed by atoms with Crippen LogP contribution in [-0.4, -0.2) is 35.8 Å². The van der Waals surface area contributed by atoms with Gasteiger partial charge < -0.3 is 5.32 Å². The van der Waals surface area contributed by atoms with Crippen LogP contribution in [0.3, 0.4) is 0 Å². The van der Waals surface area contributed by atoms with Crippen LogP contribution in [0.4, 0.5) is 0 Å². The van der Waals surface area contributed by atoms with Gasteiger partial charge in [0.2, 0.25) is 11.8 Å². The van der Waals surface area contributed by atoms with Crippen molar-refractivity contribution >= 4 is 11.8 Å². The van der Waals surface area contributed by atoms with Gasteiger partial charge in [0.15, 0.2) is 0 Å². The van der Waals surface area contributed by atoms with E-state index in [0.717, 1.165) is 6.54 Å². The molecule has 1 N–H and O–H groups in total. The number of imide groups is 1. The van der Waals surface area contributed by atoms with Crippen LogP contribution in [0.1, 0.15) is 46.5 Å². The van der Waals surface area contributed by atoms with Gasteiger partial charge in [-0.2, -0.15) is 0 Å². The second-order valence-corrected chi connectivity index (χ2v) is 6.70. The topological polar surface area (TPSA) is 49.4 Å². The predicted molar refractivity (Wildman–Crippen MR) is 69.9 cm³/mol. The van der Waals surface area contributed by atoms with E-state index in [4.69, 9.17) is 0 Å². The summed E-state index contributed by atoms with van der Waals surface area (Å²) in [7, 11) is 0. The molecule has 1 unspecified atom stereocenters. The summed E-state index contributed by atoms with van der Waals surface area (Å²) in [4.78, 5) is 25.4. The fourth-order valence-electron chi connectivity index (χ4n) is 2.45. The van der Waals surface area contributed by atoms with Crippen molar-refractivity contribution < 1.29 is 9.59 Å². The fraction of sp³-hybridized carbons (Fsp3) is 0.857. The SMILES string of the molecule is CC(CNC1CC1)CN1C(=O)CC(C)(C)CC1=O. The van der Waals surface area contributed by atoms with E-state index in [0.29, 0.717) is 31.3 Å². The normalized spacial score (nSPS) is 25.4. The van der Waals surface area contributed by atoms with E-state index < -0.39 is 0 Å². The summed E-state index contributed by atoms with van der Waals surface area (Å²) in [5, 5.41) is 3.44. The molecule has 4 heteroatoms. The van der Waals surface area contributed by atoms with Crippen LogP contribution >= 0.6 is 0 Å². The van der Waals surface area contributed by atoms with Crippen molar-refractivity contribution in [2.24, 2.45) is 11.3 Å². The number of rotatable bonds is 5. The summed E-state index contributed by atoms with van der Waals surface area (Å²) < 4.78 is 0. The van der Waals surface area contributed by atoms with Crippen molar-refractivity contribution in [3.8, 4) is 0 Å². The number of hydrogen-bond donors (Lipinski definition) is 1. The number of amides is 2. The Bertz CT molecular complexity index is 328. The summed E-state index contributed by atoms with van der Waals surface area (Å²) in [5.41, 5.74) is -0.167. The van der Waals surface area contributed by atoms with Crippen molar-refractivity contribution in [3.63, 3.8) is 0 Å². The molecule has 4 nitrogen and oxygen atoms in total. The summed E-state index contributed by atoms with van der Waals surface area (Å²) in [6.45, 7) is 7.52. The lowest BCUT2D eigenvalue weighted by molar-refractivity contribution is -0.153. The van der Waals surface area contributed by atoms with Gasteiger partial charge in [0, 0.05) is 25.4 Å². The first-order chi connectivity index (χ1) is 8.37. The van der Waals surface area contributed by atoms with Gasteiger partial charge in [-0.15, -0.1) is 0 Å². The van der Waals surface area contributed by atoms with Crippen molar-refractivity contribution in [3.05, 3.63) is 0 Å². The van der Waals surface area contributed by atoms with Gasteiger partial charge in [-0.1, -0.05) is 20.8 Å². The van der Waals surface area contributed by atoms with Gasteiger partial charge >= 0.3 is 0 Å². The number of hydrogen-bond acceptors (Lipinski definition) is 3. The van der Waals surface area contributed by atoms with Crippen LogP contribution in [0, 0.1) is 11.3 Å². The van der Waals surface area contributed by atoms with Crippen LogP contribution in [0.25, 0.3) is 0 Å². The van der Waals surface area contributed by atoms with Crippen LogP contribution in [-0.2, 0) is 9.59 Å². The van der Waals surface area contributed by atoms with Gasteiger partial charge in [-0.05, 0) is 30.7 Å². The van der Waals surface area contributed by atoms with Crippen LogP contribution < -0.4 is 5.32 Å². The lowest BCUT2D eigenvalue weighted by atomic mass is 9.81. The standard InChI is InChI=1S/C14H24N2O2/c1-10(8-15-11-4-5-11)9-16-12(17)6-14(2,3)7-13(16)18/h10-11,15H,4-9H2,1-3H3. The highest BCUT2D eigenvalue weighted by molar-refractivity contribution is 5.98. The molecule has 18 heavy (non-hydrogen) atoms. The highest BCUT2D eigenvalue weighted by Gasteiger charge is 2.37. The van der Waals surface area contributed by atoms with Gasteiger partial charge in [0.05, 0.1) is 0 Å². The first kappa shape index (κ1) is 13.5. The second kappa shape index (κ2) is 5.00. The highest BCUT2D eigenvalue weighted by atomic mass is 16.2. The predicted octanol–water partition coefficient (Wildman–Crippen LogP) is 1.55. The zero-order valence-corrected chi connectivity index (χ0v) is 11.7. The molecule has 0 aromatic heterocycles. The van der Waals surface area contributed by atoms with Crippen molar-refractivity contribution in [2.75, 3.05) is 13.1 Å². The molecule has 1 saturated carbocycles. The van der Waals surface area contributed by atoms with E-state index in [-0.39, 0.29) is 17.2 Å². The Morgan fingerprint density at radius 2 is 1.83 bits per heavy atom. The molecule has 1 atom stereocenters. The molecule has 2 aliphatic rings. The lowest BCUT2D eigenvalue weighted by Crippen LogP contribution is -2.48. The zero-order chi connectivity index (χ0) is 13.3. The maximum Gasteiger partial charge on any atom is 0.229 e. The Hall–Kier alpha value is -0.900. The minimum atomic E-state index is -0.167. The molecule has 2 fully saturated rings. The quantitative estimate of drug-likeness (QED) is 0.755. The number of carbonyl (C=O) groups is 2. The molecule has 1 aliphatic carbocycles. The lowest BCUT2D eigenvalue weighted by Gasteiger charge is -2.35. The molecular weight excluding hydrogens is 228 g/mol. The highest BCUT2D eigenvalue weighted by Crippen LogP contribution is 2.31. The molecule has 1 aliphatic heterocycles. The third-order valence-electron chi connectivity index (χ3n) is 3.69. The Morgan fingerprint density at radius 1 is 1.28 bits per heavy atom. The van der Waals surface area contributed by atoms with E-state index in [9.17, 15) is 9.59 Å². The van der Waals surface area contributed by atoms with Gasteiger partial charge in [0.1, 0.15) is 0 Å². The monoisotopic (exact) mass is 252 g/mol. The molecule has 2 rings (SSSR count). The van der Waals surface area contributed by atoms with Crippen LogP contribution in [0.5, 0.6) is 0 Å². The van der Waals surface area contributed by atoms with E-state index >= 15 is 0 Å². The number of nitrogens with zero attached hydrogens (tertiary/aromatic N) is 1. The Kier molecular flexibility index (Phi) is 3.76. The third kappa shape index (κ3) is 3.55. The summed E-state index contributed by atoms with van der Waals surface area (Å²) >= 11 is 0. The maximum absolute atomic E-state index is 12.0. The first-order valence-electron chi connectivity index (χ1n) is 6.94. The number of piperidine rings is 1. The third-order valence-corrected chi connectivity index (χ3v) is 3.69. The minimum Gasteiger partial charge on any atom is -0.314 e. The van der Waals surface area contributed by atoms with Crippen molar-refractivity contribution in [2.45, 2.75) is 52.5 Å². The largest absolute Gasteiger partial charge is 0.314 e. The summed E-state index contributed by atoms with van der Waals surface area (Å²) in [5.74, 6) is 0.323. The Balaban J connectivity index is 1.83.